The molecule has 0 saturated carbocycles. The molecule has 3 N–H and O–H groups in total. The summed E-state index contributed by atoms with van der Waals surface area (Å²) in [4.78, 5) is 31.0. The number of anilines is 2. The summed E-state index contributed by atoms with van der Waals surface area (Å²) in [6.45, 7) is 3.69. The molecule has 35 heavy (non-hydrogen) atoms. The zero-order valence-electron chi connectivity index (χ0n) is 19.7. The van der Waals surface area contributed by atoms with Crippen LogP contribution in [-0.2, 0) is 4.79 Å². The molecule has 1 fully saturated rings. The van der Waals surface area contributed by atoms with Crippen LogP contribution in [-0.4, -0.2) is 52.1 Å². The van der Waals surface area contributed by atoms with Gasteiger partial charge in [-0.05, 0) is 37.6 Å². The first-order chi connectivity index (χ1) is 17.1. The molecule has 0 radical (unpaired) electrons. The van der Waals surface area contributed by atoms with E-state index in [1.165, 1.54) is 0 Å². The molecule has 0 spiro atoms. The van der Waals surface area contributed by atoms with E-state index in [1.807, 2.05) is 43.3 Å². The van der Waals surface area contributed by atoms with Crippen molar-refractivity contribution in [2.24, 2.45) is 0 Å². The van der Waals surface area contributed by atoms with E-state index >= 15 is 0 Å². The van der Waals surface area contributed by atoms with Crippen molar-refractivity contribution in [3.8, 4) is 17.1 Å². The first-order valence-corrected chi connectivity index (χ1v) is 11.6. The highest BCUT2D eigenvalue weighted by atomic mass is 16.5. The fourth-order valence-corrected chi connectivity index (χ4v) is 4.18. The molecule has 5 rings (SSSR count). The molecule has 178 valence electrons. The number of pyridine rings is 2. The van der Waals surface area contributed by atoms with Crippen molar-refractivity contribution in [2.45, 2.75) is 25.3 Å². The number of rotatable bonds is 7. The minimum Gasteiger partial charge on any atom is -0.494 e. The van der Waals surface area contributed by atoms with E-state index in [0.717, 1.165) is 36.0 Å². The predicted molar refractivity (Wildman–Crippen MR) is 136 cm³/mol. The molecule has 4 heterocycles. The predicted octanol–water partition coefficient (Wildman–Crippen LogP) is 3.61. The number of carbonyl (C=O) groups excluding carboxylic acids is 1. The van der Waals surface area contributed by atoms with Crippen LogP contribution in [0.4, 0.5) is 11.6 Å². The number of hydrogen-bond donors (Lipinski definition) is 3. The van der Waals surface area contributed by atoms with Gasteiger partial charge in [0.05, 0.1) is 36.3 Å². The standard InChI is InChI=1S/C26H27N7O2/c1-16(17-6-4-3-5-7-17)26(34)32-22-12-18(8-11-29-22)24-31-20-14-28-15-21(35-2)23(20)25(33-24)30-19-9-10-27-13-19/h3-8,11-12,14-16,19,27H,9-10,13H2,1-2H3,(H,29,32,34)(H,30,31,33)/t16?,19-/m1/s1. The van der Waals surface area contributed by atoms with Gasteiger partial charge in [0.1, 0.15) is 17.4 Å². The number of amides is 1. The quantitative estimate of drug-likeness (QED) is 0.376. The second-order valence-electron chi connectivity index (χ2n) is 8.52. The maximum atomic E-state index is 12.8. The van der Waals surface area contributed by atoms with Gasteiger partial charge in [-0.25, -0.2) is 15.0 Å². The summed E-state index contributed by atoms with van der Waals surface area (Å²) in [5.74, 6) is 1.81. The van der Waals surface area contributed by atoms with E-state index in [2.05, 4.69) is 25.9 Å². The van der Waals surface area contributed by atoms with Crippen molar-refractivity contribution < 1.29 is 9.53 Å². The van der Waals surface area contributed by atoms with Gasteiger partial charge in [0, 0.05) is 24.3 Å². The first kappa shape index (κ1) is 22.7. The molecule has 1 unspecified atom stereocenters. The lowest BCUT2D eigenvalue weighted by atomic mass is 10.0. The van der Waals surface area contributed by atoms with Crippen molar-refractivity contribution in [3.63, 3.8) is 0 Å². The third-order valence-electron chi connectivity index (χ3n) is 6.16. The van der Waals surface area contributed by atoms with E-state index in [9.17, 15) is 4.79 Å². The van der Waals surface area contributed by atoms with Crippen LogP contribution in [0, 0.1) is 0 Å². The number of nitrogens with zero attached hydrogens (tertiary/aromatic N) is 4. The van der Waals surface area contributed by atoms with Crippen LogP contribution in [0.2, 0.25) is 0 Å². The lowest BCUT2D eigenvalue weighted by Gasteiger charge is -2.17. The number of methoxy groups -OCH3 is 1. The zero-order chi connectivity index (χ0) is 24.2. The first-order valence-electron chi connectivity index (χ1n) is 11.6. The van der Waals surface area contributed by atoms with Crippen molar-refractivity contribution in [3.05, 3.63) is 66.6 Å². The number of ether oxygens (including phenoxy) is 1. The number of aromatic nitrogens is 4. The molecule has 1 saturated heterocycles. The molecule has 3 aromatic heterocycles. The normalized spacial score (nSPS) is 16.1. The average Bonchev–Trinajstić information content (AvgIpc) is 3.41. The fraction of sp³-hybridized carbons (Fsp3) is 0.269. The molecule has 1 amide bonds. The Labute approximate surface area is 203 Å². The summed E-state index contributed by atoms with van der Waals surface area (Å²) in [7, 11) is 1.61. The minimum atomic E-state index is -0.312. The van der Waals surface area contributed by atoms with Gasteiger partial charge in [-0.2, -0.15) is 0 Å². The van der Waals surface area contributed by atoms with E-state index in [1.54, 1.807) is 31.8 Å². The topological polar surface area (TPSA) is 114 Å². The van der Waals surface area contributed by atoms with Gasteiger partial charge in [-0.15, -0.1) is 0 Å². The lowest BCUT2D eigenvalue weighted by molar-refractivity contribution is -0.117. The van der Waals surface area contributed by atoms with E-state index in [4.69, 9.17) is 14.7 Å². The largest absolute Gasteiger partial charge is 0.494 e. The molecule has 1 aliphatic rings. The van der Waals surface area contributed by atoms with Crippen LogP contribution >= 0.6 is 0 Å². The molecule has 9 nitrogen and oxygen atoms in total. The summed E-state index contributed by atoms with van der Waals surface area (Å²) in [5.41, 5.74) is 2.35. The smallest absolute Gasteiger partial charge is 0.232 e. The molecule has 1 aromatic carbocycles. The molecule has 2 atom stereocenters. The summed E-state index contributed by atoms with van der Waals surface area (Å²) in [6, 6.07) is 13.5. The van der Waals surface area contributed by atoms with Crippen LogP contribution in [0.1, 0.15) is 24.8 Å². The summed E-state index contributed by atoms with van der Waals surface area (Å²) in [6.07, 6.45) is 6.01. The van der Waals surface area contributed by atoms with Gasteiger partial charge in [0.15, 0.2) is 5.82 Å². The number of hydrogen-bond acceptors (Lipinski definition) is 8. The van der Waals surface area contributed by atoms with Gasteiger partial charge in [0.2, 0.25) is 5.91 Å². The van der Waals surface area contributed by atoms with E-state index in [0.29, 0.717) is 28.7 Å². The van der Waals surface area contributed by atoms with Gasteiger partial charge in [-0.3, -0.25) is 9.78 Å². The van der Waals surface area contributed by atoms with Crippen molar-refractivity contribution >= 4 is 28.4 Å². The van der Waals surface area contributed by atoms with Gasteiger partial charge >= 0.3 is 0 Å². The molecule has 1 aliphatic heterocycles. The number of carbonyl (C=O) groups is 1. The van der Waals surface area contributed by atoms with Crippen LogP contribution in [0.3, 0.4) is 0 Å². The highest BCUT2D eigenvalue weighted by molar-refractivity contribution is 5.96. The fourth-order valence-electron chi connectivity index (χ4n) is 4.18. The average molecular weight is 470 g/mol. The summed E-state index contributed by atoms with van der Waals surface area (Å²) in [5, 5.41) is 10.6. The van der Waals surface area contributed by atoms with Crippen molar-refractivity contribution in [1.29, 1.82) is 0 Å². The Balaban J connectivity index is 1.47. The second-order valence-corrected chi connectivity index (χ2v) is 8.52. The Morgan fingerprint density at radius 3 is 2.80 bits per heavy atom. The molecular formula is C26H27N7O2. The van der Waals surface area contributed by atoms with Crippen LogP contribution in [0.15, 0.2) is 61.1 Å². The number of nitrogens with one attached hydrogen (secondary N) is 3. The Hall–Kier alpha value is -4.11. The molecule has 0 aliphatic carbocycles. The molecule has 9 heteroatoms. The Morgan fingerprint density at radius 1 is 1.17 bits per heavy atom. The maximum Gasteiger partial charge on any atom is 0.232 e. The van der Waals surface area contributed by atoms with Gasteiger partial charge < -0.3 is 20.7 Å². The monoisotopic (exact) mass is 469 g/mol. The van der Waals surface area contributed by atoms with Crippen LogP contribution in [0.25, 0.3) is 22.3 Å². The third-order valence-corrected chi connectivity index (χ3v) is 6.16. The number of benzene rings is 1. The van der Waals surface area contributed by atoms with Crippen molar-refractivity contribution in [2.75, 3.05) is 30.8 Å². The summed E-state index contributed by atoms with van der Waals surface area (Å²) < 4.78 is 5.54. The molecular weight excluding hydrogens is 442 g/mol. The number of fused-ring (bicyclic) bond motifs is 1. The maximum absolute atomic E-state index is 12.8. The Bertz CT molecular complexity index is 1340. The SMILES string of the molecule is COc1cncc2nc(-c3ccnc(NC(=O)C(C)c4ccccc4)c3)nc(N[C@@H]3CCNC3)c12. The Kier molecular flexibility index (Phi) is 6.49. The summed E-state index contributed by atoms with van der Waals surface area (Å²) >= 11 is 0. The highest BCUT2D eigenvalue weighted by Gasteiger charge is 2.20. The Morgan fingerprint density at radius 2 is 2.03 bits per heavy atom. The van der Waals surface area contributed by atoms with E-state index < -0.39 is 0 Å². The highest BCUT2D eigenvalue weighted by Crippen LogP contribution is 2.32. The van der Waals surface area contributed by atoms with Gasteiger partial charge in [0.25, 0.3) is 0 Å². The van der Waals surface area contributed by atoms with Crippen LogP contribution in [0.5, 0.6) is 5.75 Å². The van der Waals surface area contributed by atoms with E-state index in [-0.39, 0.29) is 17.9 Å². The molecule has 0 bridgehead atoms. The zero-order valence-corrected chi connectivity index (χ0v) is 19.7. The minimum absolute atomic E-state index is 0.134. The lowest BCUT2D eigenvalue weighted by Crippen LogP contribution is -2.23. The second kappa shape index (κ2) is 10.0. The molecule has 4 aromatic rings. The third kappa shape index (κ3) is 4.90. The van der Waals surface area contributed by atoms with Gasteiger partial charge in [-0.1, -0.05) is 30.3 Å². The van der Waals surface area contributed by atoms with Crippen LogP contribution < -0.4 is 20.7 Å². The van der Waals surface area contributed by atoms with Crippen molar-refractivity contribution in [1.82, 2.24) is 25.3 Å².